The van der Waals surface area contributed by atoms with Gasteiger partial charge in [0.25, 0.3) is 11.1 Å². The van der Waals surface area contributed by atoms with E-state index in [1.165, 1.54) is 34.8 Å². The minimum atomic E-state index is -0.390. The first-order valence-electron chi connectivity index (χ1n) is 8.80. The van der Waals surface area contributed by atoms with Crippen LogP contribution in [0.1, 0.15) is 11.3 Å². The zero-order valence-corrected chi connectivity index (χ0v) is 17.8. The van der Waals surface area contributed by atoms with Gasteiger partial charge in [-0.2, -0.15) is 0 Å². The maximum atomic E-state index is 13.0. The van der Waals surface area contributed by atoms with Crippen LogP contribution in [0.3, 0.4) is 0 Å². The number of hydrogen-bond acceptors (Lipinski definition) is 7. The molecule has 1 fully saturated rings. The van der Waals surface area contributed by atoms with Crippen LogP contribution in [0.5, 0.6) is 0 Å². The van der Waals surface area contributed by atoms with Gasteiger partial charge in [-0.3, -0.25) is 19.3 Å². The van der Waals surface area contributed by atoms with E-state index in [1.54, 1.807) is 23.6 Å². The molecule has 3 amide bonds. The number of nitrogens with zero attached hydrogens (tertiary/aromatic N) is 2. The summed E-state index contributed by atoms with van der Waals surface area (Å²) < 4.78 is 13.0. The lowest BCUT2D eigenvalue weighted by atomic mass is 10.2. The molecule has 2 aromatic heterocycles. The molecular weight excluding hydrogens is 445 g/mol. The minimum Gasteiger partial charge on any atom is -0.302 e. The SMILES string of the molecule is O=C(CCN1C(=O)SC(=Cc2cccs2)C1=O)Nc1nc(-c2ccc(F)cc2)cs1. The van der Waals surface area contributed by atoms with Crippen molar-refractivity contribution in [1.29, 1.82) is 0 Å². The van der Waals surface area contributed by atoms with Crippen molar-refractivity contribution < 1.29 is 18.8 Å². The van der Waals surface area contributed by atoms with Gasteiger partial charge >= 0.3 is 0 Å². The highest BCUT2D eigenvalue weighted by molar-refractivity contribution is 8.18. The van der Waals surface area contributed by atoms with Crippen molar-refractivity contribution in [2.75, 3.05) is 11.9 Å². The van der Waals surface area contributed by atoms with E-state index in [-0.39, 0.29) is 35.8 Å². The zero-order chi connectivity index (χ0) is 21.1. The van der Waals surface area contributed by atoms with Crippen LogP contribution in [-0.4, -0.2) is 33.5 Å². The molecule has 1 aliphatic rings. The van der Waals surface area contributed by atoms with Gasteiger partial charge in [-0.25, -0.2) is 9.37 Å². The number of thiazole rings is 1. The molecule has 0 aliphatic carbocycles. The van der Waals surface area contributed by atoms with E-state index in [1.807, 2.05) is 17.5 Å². The summed E-state index contributed by atoms with van der Waals surface area (Å²) in [5.74, 6) is -1.07. The number of thiophene rings is 1. The second kappa shape index (κ2) is 8.90. The Balaban J connectivity index is 1.33. The predicted molar refractivity (Wildman–Crippen MR) is 118 cm³/mol. The van der Waals surface area contributed by atoms with Gasteiger partial charge in [0.05, 0.1) is 10.6 Å². The summed E-state index contributed by atoms with van der Waals surface area (Å²) >= 11 is 3.59. The molecule has 0 saturated carbocycles. The zero-order valence-electron chi connectivity index (χ0n) is 15.3. The topological polar surface area (TPSA) is 79.4 Å². The van der Waals surface area contributed by atoms with Crippen molar-refractivity contribution in [1.82, 2.24) is 9.88 Å². The molecule has 1 saturated heterocycles. The van der Waals surface area contributed by atoms with Gasteiger partial charge in [0, 0.05) is 28.8 Å². The smallest absolute Gasteiger partial charge is 0.293 e. The number of anilines is 1. The maximum absolute atomic E-state index is 13.0. The van der Waals surface area contributed by atoms with Crippen LogP contribution >= 0.6 is 34.4 Å². The molecule has 0 bridgehead atoms. The van der Waals surface area contributed by atoms with Crippen LogP contribution in [0.4, 0.5) is 14.3 Å². The highest BCUT2D eigenvalue weighted by Crippen LogP contribution is 2.33. The standard InChI is InChI=1S/C20H14FN3O3S3/c21-13-5-3-12(4-6-13)15-11-29-19(22-15)23-17(25)7-8-24-18(26)16(30-20(24)27)10-14-2-1-9-28-14/h1-6,9-11H,7-8H2,(H,22,23,25). The summed E-state index contributed by atoms with van der Waals surface area (Å²) in [5, 5.41) is 6.33. The lowest BCUT2D eigenvalue weighted by molar-refractivity contribution is -0.123. The van der Waals surface area contributed by atoms with E-state index >= 15 is 0 Å². The van der Waals surface area contributed by atoms with E-state index in [2.05, 4.69) is 10.3 Å². The van der Waals surface area contributed by atoms with Crippen LogP contribution in [-0.2, 0) is 9.59 Å². The molecule has 1 aliphatic heterocycles. The number of aromatic nitrogens is 1. The van der Waals surface area contributed by atoms with Crippen LogP contribution in [0.25, 0.3) is 17.3 Å². The third-order valence-corrected chi connectivity index (χ3v) is 6.63. The van der Waals surface area contributed by atoms with Crippen molar-refractivity contribution in [3.05, 3.63) is 62.8 Å². The Morgan fingerprint density at radius 3 is 2.70 bits per heavy atom. The fourth-order valence-corrected chi connectivity index (χ4v) is 5.00. The van der Waals surface area contributed by atoms with Crippen molar-refractivity contribution in [3.63, 3.8) is 0 Å². The molecule has 0 atom stereocenters. The number of amides is 3. The van der Waals surface area contributed by atoms with Crippen LogP contribution < -0.4 is 5.32 Å². The van der Waals surface area contributed by atoms with Gasteiger partial charge in [-0.15, -0.1) is 22.7 Å². The number of carbonyl (C=O) groups is 3. The van der Waals surface area contributed by atoms with E-state index in [9.17, 15) is 18.8 Å². The number of nitrogens with one attached hydrogen (secondary N) is 1. The summed E-state index contributed by atoms with van der Waals surface area (Å²) in [4.78, 5) is 43.5. The Bertz CT molecular complexity index is 1120. The first kappa shape index (κ1) is 20.5. The van der Waals surface area contributed by atoms with E-state index < -0.39 is 0 Å². The highest BCUT2D eigenvalue weighted by Gasteiger charge is 2.35. The van der Waals surface area contributed by atoms with Crippen molar-refractivity contribution in [2.24, 2.45) is 0 Å². The normalized spacial score (nSPS) is 15.2. The number of imide groups is 1. The number of thioether (sulfide) groups is 1. The molecule has 4 rings (SSSR count). The van der Waals surface area contributed by atoms with Gasteiger partial charge in [0.15, 0.2) is 5.13 Å². The van der Waals surface area contributed by atoms with Crippen LogP contribution in [0.2, 0.25) is 0 Å². The molecule has 1 N–H and O–H groups in total. The quantitative estimate of drug-likeness (QED) is 0.520. The number of halogens is 1. The first-order chi connectivity index (χ1) is 14.5. The average Bonchev–Trinajstić information content (AvgIpc) is 3.45. The summed E-state index contributed by atoms with van der Waals surface area (Å²) in [6.45, 7) is -0.00548. The van der Waals surface area contributed by atoms with Crippen LogP contribution in [0, 0.1) is 5.82 Å². The van der Waals surface area contributed by atoms with Crippen molar-refractivity contribution in [3.8, 4) is 11.3 Å². The number of hydrogen-bond donors (Lipinski definition) is 1. The van der Waals surface area contributed by atoms with E-state index in [0.717, 1.165) is 27.1 Å². The van der Waals surface area contributed by atoms with Crippen molar-refractivity contribution in [2.45, 2.75) is 6.42 Å². The Labute approximate surface area is 183 Å². The lowest BCUT2D eigenvalue weighted by Crippen LogP contribution is -2.31. The third kappa shape index (κ3) is 4.66. The molecule has 152 valence electrons. The predicted octanol–water partition coefficient (Wildman–Crippen LogP) is 5.08. The fourth-order valence-electron chi connectivity index (χ4n) is 2.67. The molecule has 0 spiro atoms. The highest BCUT2D eigenvalue weighted by atomic mass is 32.2. The van der Waals surface area contributed by atoms with Crippen molar-refractivity contribution >= 4 is 62.7 Å². The molecule has 30 heavy (non-hydrogen) atoms. The second-order valence-corrected chi connectivity index (χ2v) is 9.02. The van der Waals surface area contributed by atoms with Gasteiger partial charge in [0.2, 0.25) is 5.91 Å². The Morgan fingerprint density at radius 2 is 1.97 bits per heavy atom. The maximum Gasteiger partial charge on any atom is 0.293 e. The lowest BCUT2D eigenvalue weighted by Gasteiger charge is -2.11. The Kier molecular flexibility index (Phi) is 6.07. The minimum absolute atomic E-state index is 0.00548. The van der Waals surface area contributed by atoms with Gasteiger partial charge in [0.1, 0.15) is 5.82 Å². The molecule has 0 unspecified atom stereocenters. The molecule has 0 radical (unpaired) electrons. The van der Waals surface area contributed by atoms with E-state index in [4.69, 9.17) is 0 Å². The summed E-state index contributed by atoms with van der Waals surface area (Å²) in [7, 11) is 0. The second-order valence-electron chi connectivity index (χ2n) is 6.19. The summed E-state index contributed by atoms with van der Waals surface area (Å²) in [5.41, 5.74) is 1.36. The van der Waals surface area contributed by atoms with Crippen LogP contribution in [0.15, 0.2) is 52.1 Å². The monoisotopic (exact) mass is 459 g/mol. The number of rotatable bonds is 6. The Morgan fingerprint density at radius 1 is 1.17 bits per heavy atom. The van der Waals surface area contributed by atoms with Gasteiger partial charge in [-0.05, 0) is 53.5 Å². The molecule has 1 aromatic carbocycles. The number of benzene rings is 1. The first-order valence-corrected chi connectivity index (χ1v) is 11.4. The summed E-state index contributed by atoms with van der Waals surface area (Å²) in [6.07, 6.45) is 1.65. The largest absolute Gasteiger partial charge is 0.302 e. The fraction of sp³-hybridized carbons (Fsp3) is 0.100. The van der Waals surface area contributed by atoms with Gasteiger partial charge in [-0.1, -0.05) is 6.07 Å². The molecular formula is C20H14FN3O3S3. The molecule has 6 nitrogen and oxygen atoms in total. The molecule has 10 heteroatoms. The summed E-state index contributed by atoms with van der Waals surface area (Å²) in [6, 6.07) is 9.64. The molecule has 3 aromatic rings. The number of carbonyl (C=O) groups excluding carboxylic acids is 3. The van der Waals surface area contributed by atoms with Gasteiger partial charge < -0.3 is 5.32 Å². The Hall–Kier alpha value is -2.82. The third-order valence-electron chi connectivity index (χ3n) is 4.14. The van der Waals surface area contributed by atoms with E-state index in [0.29, 0.717) is 15.7 Å². The molecule has 3 heterocycles. The average molecular weight is 460 g/mol.